The molecule has 1 N–H and O–H groups in total. The van der Waals surface area contributed by atoms with E-state index < -0.39 is 0 Å². The highest BCUT2D eigenvalue weighted by atomic mass is 79.9. The lowest BCUT2D eigenvalue weighted by atomic mass is 10.2. The molecule has 6 nitrogen and oxygen atoms in total. The van der Waals surface area contributed by atoms with Gasteiger partial charge in [-0.05, 0) is 22.9 Å². The van der Waals surface area contributed by atoms with Crippen molar-refractivity contribution in [2.24, 2.45) is 0 Å². The van der Waals surface area contributed by atoms with Crippen molar-refractivity contribution in [2.45, 2.75) is 6.92 Å². The van der Waals surface area contributed by atoms with Gasteiger partial charge in [0.2, 0.25) is 0 Å². The molecule has 0 saturated heterocycles. The second-order valence-corrected chi connectivity index (χ2v) is 5.11. The van der Waals surface area contributed by atoms with Crippen molar-refractivity contribution in [2.75, 3.05) is 18.5 Å². The number of fused-ring (bicyclic) bond motifs is 1. The van der Waals surface area contributed by atoms with Gasteiger partial charge < -0.3 is 19.3 Å². The van der Waals surface area contributed by atoms with E-state index in [2.05, 4.69) is 26.4 Å². The van der Waals surface area contributed by atoms with Gasteiger partial charge in [-0.25, -0.2) is 0 Å². The normalized spacial score (nSPS) is 13.1. The second-order valence-electron chi connectivity index (χ2n) is 4.25. The molecule has 1 aliphatic heterocycles. The molecule has 0 bridgehead atoms. The zero-order valence-electron chi connectivity index (χ0n) is 10.6. The lowest BCUT2D eigenvalue weighted by molar-refractivity contribution is 0.101. The number of ether oxygens (including phenoxy) is 2. The van der Waals surface area contributed by atoms with E-state index in [0.717, 1.165) is 0 Å². The number of nitrogens with zero attached hydrogens (tertiary/aromatic N) is 1. The maximum absolute atomic E-state index is 12.0. The summed E-state index contributed by atoms with van der Waals surface area (Å²) in [5.74, 6) is 1.49. The number of aromatic nitrogens is 1. The quantitative estimate of drug-likeness (QED) is 0.911. The lowest BCUT2D eigenvalue weighted by Gasteiger charge is -2.19. The van der Waals surface area contributed by atoms with Crippen LogP contribution in [0.25, 0.3) is 0 Å². The summed E-state index contributed by atoms with van der Waals surface area (Å²) < 4.78 is 16.5. The number of amides is 1. The van der Waals surface area contributed by atoms with Gasteiger partial charge in [-0.3, -0.25) is 4.79 Å². The fraction of sp³-hybridized carbons (Fsp3) is 0.231. The molecular weight excluding hydrogens is 328 g/mol. The number of halogens is 1. The van der Waals surface area contributed by atoms with Crippen LogP contribution in [0.15, 0.2) is 27.2 Å². The molecule has 7 heteroatoms. The summed E-state index contributed by atoms with van der Waals surface area (Å²) >= 11 is 3.39. The Labute approximate surface area is 123 Å². The molecule has 1 amide bonds. The number of hydrogen-bond acceptors (Lipinski definition) is 5. The molecular formula is C13H11BrN2O4. The molecule has 0 radical (unpaired) electrons. The SMILES string of the molecule is Cc1cc(C(=O)Nc2cc3c(cc2Br)OCCO3)no1. The predicted molar refractivity (Wildman–Crippen MR) is 74.3 cm³/mol. The van der Waals surface area contributed by atoms with Crippen LogP contribution in [0, 0.1) is 6.92 Å². The Morgan fingerprint density at radius 2 is 1.95 bits per heavy atom. The topological polar surface area (TPSA) is 73.6 Å². The lowest BCUT2D eigenvalue weighted by Crippen LogP contribution is -2.17. The standard InChI is InChI=1S/C13H11BrN2O4/c1-7-4-10(16-20-7)13(17)15-9-6-12-11(5-8(9)14)18-2-3-19-12/h4-6H,2-3H2,1H3,(H,15,17). The molecule has 0 unspecified atom stereocenters. The molecule has 104 valence electrons. The second kappa shape index (κ2) is 5.16. The first-order valence-corrected chi connectivity index (χ1v) is 6.76. The third kappa shape index (κ3) is 2.49. The van der Waals surface area contributed by atoms with Crippen molar-refractivity contribution in [1.29, 1.82) is 0 Å². The Kier molecular flexibility index (Phi) is 3.35. The van der Waals surface area contributed by atoms with Crippen LogP contribution in [0.5, 0.6) is 11.5 Å². The van der Waals surface area contributed by atoms with E-state index in [-0.39, 0.29) is 11.6 Å². The van der Waals surface area contributed by atoms with Gasteiger partial charge in [-0.1, -0.05) is 5.16 Å². The first kappa shape index (κ1) is 13.0. The van der Waals surface area contributed by atoms with Gasteiger partial charge >= 0.3 is 0 Å². The number of nitrogens with one attached hydrogen (secondary N) is 1. The van der Waals surface area contributed by atoms with Crippen LogP contribution >= 0.6 is 15.9 Å². The maximum Gasteiger partial charge on any atom is 0.277 e. The number of rotatable bonds is 2. The van der Waals surface area contributed by atoms with Gasteiger partial charge in [-0.2, -0.15) is 0 Å². The Hall–Kier alpha value is -2.02. The Morgan fingerprint density at radius 3 is 2.60 bits per heavy atom. The van der Waals surface area contributed by atoms with Gasteiger partial charge in [0.25, 0.3) is 5.91 Å². The number of benzene rings is 1. The molecule has 1 aromatic carbocycles. The molecule has 0 atom stereocenters. The van der Waals surface area contributed by atoms with Crippen molar-refractivity contribution in [3.8, 4) is 11.5 Å². The minimum atomic E-state index is -0.348. The van der Waals surface area contributed by atoms with Crippen LogP contribution in [-0.4, -0.2) is 24.3 Å². The van der Waals surface area contributed by atoms with Gasteiger partial charge in [0.15, 0.2) is 17.2 Å². The molecule has 1 aliphatic rings. The smallest absolute Gasteiger partial charge is 0.277 e. The van der Waals surface area contributed by atoms with E-state index in [1.165, 1.54) is 0 Å². The van der Waals surface area contributed by atoms with Crippen LogP contribution in [0.2, 0.25) is 0 Å². The molecule has 0 spiro atoms. The molecule has 0 aliphatic carbocycles. The summed E-state index contributed by atoms with van der Waals surface area (Å²) in [5.41, 5.74) is 0.809. The highest BCUT2D eigenvalue weighted by Gasteiger charge is 2.18. The monoisotopic (exact) mass is 338 g/mol. The van der Waals surface area contributed by atoms with Gasteiger partial charge in [-0.15, -0.1) is 0 Å². The van der Waals surface area contributed by atoms with E-state index in [9.17, 15) is 4.79 Å². The zero-order valence-corrected chi connectivity index (χ0v) is 12.2. The Morgan fingerprint density at radius 1 is 1.25 bits per heavy atom. The summed E-state index contributed by atoms with van der Waals surface area (Å²) in [7, 11) is 0. The summed E-state index contributed by atoms with van der Waals surface area (Å²) in [4.78, 5) is 12.0. The summed E-state index contributed by atoms with van der Waals surface area (Å²) in [6.07, 6.45) is 0. The van der Waals surface area contributed by atoms with Gasteiger partial charge in [0, 0.05) is 22.7 Å². The minimum absolute atomic E-state index is 0.226. The van der Waals surface area contributed by atoms with Crippen LogP contribution in [0.4, 0.5) is 5.69 Å². The molecule has 1 aromatic heterocycles. The van der Waals surface area contributed by atoms with Crippen molar-refractivity contribution in [1.82, 2.24) is 5.16 Å². The van der Waals surface area contributed by atoms with Crippen LogP contribution in [0.1, 0.15) is 16.2 Å². The third-order valence-corrected chi connectivity index (χ3v) is 3.40. The first-order chi connectivity index (χ1) is 9.63. The average molecular weight is 339 g/mol. The first-order valence-electron chi connectivity index (χ1n) is 5.97. The van der Waals surface area contributed by atoms with Crippen molar-refractivity contribution < 1.29 is 18.8 Å². The fourth-order valence-electron chi connectivity index (χ4n) is 1.82. The maximum atomic E-state index is 12.0. The molecule has 2 aromatic rings. The highest BCUT2D eigenvalue weighted by Crippen LogP contribution is 2.38. The van der Waals surface area contributed by atoms with E-state index in [0.29, 0.717) is 40.6 Å². The number of hydrogen-bond donors (Lipinski definition) is 1. The van der Waals surface area contributed by atoms with E-state index in [1.54, 1.807) is 25.1 Å². The van der Waals surface area contributed by atoms with Crippen molar-refractivity contribution in [3.05, 3.63) is 34.1 Å². The van der Waals surface area contributed by atoms with Gasteiger partial charge in [0.1, 0.15) is 19.0 Å². The summed E-state index contributed by atoms with van der Waals surface area (Å²) in [5, 5.41) is 6.42. The Bertz CT molecular complexity index is 668. The average Bonchev–Trinajstić information content (AvgIpc) is 2.86. The predicted octanol–water partition coefficient (Wildman–Crippen LogP) is 2.77. The molecule has 20 heavy (non-hydrogen) atoms. The van der Waals surface area contributed by atoms with E-state index in [4.69, 9.17) is 14.0 Å². The van der Waals surface area contributed by atoms with E-state index in [1.807, 2.05) is 0 Å². The van der Waals surface area contributed by atoms with Crippen LogP contribution in [0.3, 0.4) is 0 Å². The fourth-order valence-corrected chi connectivity index (χ4v) is 2.24. The summed E-state index contributed by atoms with van der Waals surface area (Å²) in [6.45, 7) is 2.73. The van der Waals surface area contributed by atoms with Crippen LogP contribution < -0.4 is 14.8 Å². The Balaban J connectivity index is 1.85. The third-order valence-electron chi connectivity index (χ3n) is 2.74. The zero-order chi connectivity index (χ0) is 14.1. The minimum Gasteiger partial charge on any atom is -0.486 e. The number of carbonyl (C=O) groups is 1. The van der Waals surface area contributed by atoms with Crippen molar-refractivity contribution >= 4 is 27.5 Å². The van der Waals surface area contributed by atoms with Crippen molar-refractivity contribution in [3.63, 3.8) is 0 Å². The largest absolute Gasteiger partial charge is 0.486 e. The van der Waals surface area contributed by atoms with Gasteiger partial charge in [0.05, 0.1) is 5.69 Å². The number of anilines is 1. The molecule has 0 saturated carbocycles. The van der Waals surface area contributed by atoms with E-state index >= 15 is 0 Å². The molecule has 0 fully saturated rings. The molecule has 3 rings (SSSR count). The number of aryl methyl sites for hydroxylation is 1. The summed E-state index contributed by atoms with van der Waals surface area (Å²) in [6, 6.07) is 5.04. The van der Waals surface area contributed by atoms with Crippen LogP contribution in [-0.2, 0) is 0 Å². The highest BCUT2D eigenvalue weighted by molar-refractivity contribution is 9.10. The number of carbonyl (C=O) groups excluding carboxylic acids is 1. The molecule has 2 heterocycles.